The third-order valence-corrected chi connectivity index (χ3v) is 2.47. The molecular formula is C13H11N3O4. The molecular weight excluding hydrogens is 262 g/mol. The molecule has 7 nitrogen and oxygen atoms in total. The van der Waals surface area contributed by atoms with Gasteiger partial charge in [0.05, 0.1) is 11.2 Å². The number of hydrogen-bond donors (Lipinski definition) is 0. The molecule has 102 valence electrons. The molecule has 0 amide bonds. The Kier molecular flexibility index (Phi) is 4.33. The number of rotatable bonds is 6. The maximum absolute atomic E-state index is 11.6. The fraction of sp³-hybridized carbons (Fsp3) is 0.154. The highest BCUT2D eigenvalue weighted by Gasteiger charge is 2.07. The molecule has 0 atom stereocenters. The standard InChI is InChI=1S/C13H11N3O4/c17-12(9-14-15-13-2-1-7-20-13)8-10-3-5-11(6-4-10)16(18)19/h1-7H,8-9H2. The molecule has 0 spiro atoms. The average Bonchev–Trinajstić information content (AvgIpc) is 2.92. The molecule has 0 unspecified atom stereocenters. The summed E-state index contributed by atoms with van der Waals surface area (Å²) in [5.74, 6) is 0.210. The van der Waals surface area contributed by atoms with Gasteiger partial charge in [0, 0.05) is 24.6 Å². The Bertz CT molecular complexity index is 618. The van der Waals surface area contributed by atoms with Crippen molar-refractivity contribution < 1.29 is 14.1 Å². The van der Waals surface area contributed by atoms with Gasteiger partial charge in [0.15, 0.2) is 5.78 Å². The van der Waals surface area contributed by atoms with Crippen molar-refractivity contribution in [2.75, 3.05) is 6.54 Å². The summed E-state index contributed by atoms with van der Waals surface area (Å²) in [4.78, 5) is 21.6. The van der Waals surface area contributed by atoms with Crippen LogP contribution in [0.25, 0.3) is 0 Å². The van der Waals surface area contributed by atoms with Crippen LogP contribution in [0.1, 0.15) is 5.56 Å². The first-order chi connectivity index (χ1) is 9.65. The molecule has 0 aliphatic rings. The molecule has 0 aliphatic heterocycles. The lowest BCUT2D eigenvalue weighted by atomic mass is 10.1. The van der Waals surface area contributed by atoms with Crippen LogP contribution in [0.15, 0.2) is 57.3 Å². The monoisotopic (exact) mass is 273 g/mol. The first-order valence-electron chi connectivity index (χ1n) is 5.81. The molecule has 1 aromatic heterocycles. The van der Waals surface area contributed by atoms with E-state index < -0.39 is 4.92 Å². The van der Waals surface area contributed by atoms with E-state index in [0.717, 1.165) is 0 Å². The average molecular weight is 273 g/mol. The van der Waals surface area contributed by atoms with Gasteiger partial charge >= 0.3 is 0 Å². The van der Waals surface area contributed by atoms with E-state index in [1.807, 2.05) is 0 Å². The summed E-state index contributed by atoms with van der Waals surface area (Å²) in [6, 6.07) is 9.15. The zero-order chi connectivity index (χ0) is 14.4. The predicted molar refractivity (Wildman–Crippen MR) is 69.9 cm³/mol. The van der Waals surface area contributed by atoms with Crippen molar-refractivity contribution in [3.05, 3.63) is 58.3 Å². The third kappa shape index (κ3) is 3.84. The van der Waals surface area contributed by atoms with Crippen molar-refractivity contribution in [2.45, 2.75) is 6.42 Å². The summed E-state index contributed by atoms with van der Waals surface area (Å²) in [6.07, 6.45) is 1.63. The van der Waals surface area contributed by atoms with Crippen LogP contribution in [0.4, 0.5) is 11.6 Å². The summed E-state index contributed by atoms with van der Waals surface area (Å²) >= 11 is 0. The molecule has 0 saturated carbocycles. The smallest absolute Gasteiger partial charge is 0.269 e. The van der Waals surface area contributed by atoms with Gasteiger partial charge in [0.25, 0.3) is 5.69 Å². The highest BCUT2D eigenvalue weighted by Crippen LogP contribution is 2.13. The summed E-state index contributed by atoms with van der Waals surface area (Å²) < 4.78 is 4.93. The molecule has 0 radical (unpaired) electrons. The Morgan fingerprint density at radius 3 is 2.60 bits per heavy atom. The number of nitrogens with zero attached hydrogens (tertiary/aromatic N) is 3. The number of benzene rings is 1. The molecule has 2 rings (SSSR count). The molecule has 1 heterocycles. The Morgan fingerprint density at radius 2 is 2.00 bits per heavy atom. The Labute approximate surface area is 114 Å². The van der Waals surface area contributed by atoms with E-state index >= 15 is 0 Å². The lowest BCUT2D eigenvalue weighted by molar-refractivity contribution is -0.384. The zero-order valence-electron chi connectivity index (χ0n) is 10.4. The second-order valence-electron chi connectivity index (χ2n) is 3.99. The van der Waals surface area contributed by atoms with Gasteiger partial charge in [-0.15, -0.1) is 5.11 Å². The van der Waals surface area contributed by atoms with Crippen LogP contribution < -0.4 is 0 Å². The van der Waals surface area contributed by atoms with Crippen molar-refractivity contribution in [3.8, 4) is 0 Å². The number of hydrogen-bond acceptors (Lipinski definition) is 6. The van der Waals surface area contributed by atoms with Crippen molar-refractivity contribution in [1.82, 2.24) is 0 Å². The molecule has 0 fully saturated rings. The van der Waals surface area contributed by atoms with Gasteiger partial charge in [-0.25, -0.2) is 0 Å². The van der Waals surface area contributed by atoms with Crippen LogP contribution in [0.2, 0.25) is 0 Å². The molecule has 0 saturated heterocycles. The first-order valence-corrected chi connectivity index (χ1v) is 5.81. The van der Waals surface area contributed by atoms with Crippen molar-refractivity contribution in [2.24, 2.45) is 10.2 Å². The minimum atomic E-state index is -0.483. The number of nitro benzene ring substituents is 1. The van der Waals surface area contributed by atoms with Crippen LogP contribution >= 0.6 is 0 Å². The van der Waals surface area contributed by atoms with Crippen LogP contribution in [0, 0.1) is 10.1 Å². The van der Waals surface area contributed by atoms with Crippen LogP contribution in [0.3, 0.4) is 0 Å². The van der Waals surface area contributed by atoms with E-state index in [2.05, 4.69) is 10.2 Å². The van der Waals surface area contributed by atoms with Gasteiger partial charge in [-0.1, -0.05) is 12.1 Å². The number of carbonyl (C=O) groups excluding carboxylic acids is 1. The lowest BCUT2D eigenvalue weighted by Crippen LogP contribution is -2.06. The highest BCUT2D eigenvalue weighted by molar-refractivity contribution is 5.82. The van der Waals surface area contributed by atoms with Crippen LogP contribution in [0.5, 0.6) is 0 Å². The van der Waals surface area contributed by atoms with Gasteiger partial charge < -0.3 is 4.42 Å². The minimum absolute atomic E-state index is 0.00120. The Morgan fingerprint density at radius 1 is 1.25 bits per heavy atom. The number of furan rings is 1. The van der Waals surface area contributed by atoms with Crippen LogP contribution in [-0.2, 0) is 11.2 Å². The third-order valence-electron chi connectivity index (χ3n) is 2.47. The van der Waals surface area contributed by atoms with Crippen molar-refractivity contribution in [1.29, 1.82) is 0 Å². The summed E-state index contributed by atoms with van der Waals surface area (Å²) in [5, 5.41) is 18.0. The van der Waals surface area contributed by atoms with Gasteiger partial charge in [-0.3, -0.25) is 14.9 Å². The van der Waals surface area contributed by atoms with Gasteiger partial charge in [-0.2, -0.15) is 5.11 Å². The van der Waals surface area contributed by atoms with E-state index in [1.165, 1.54) is 18.4 Å². The second kappa shape index (κ2) is 6.37. The maximum Gasteiger partial charge on any atom is 0.269 e. The van der Waals surface area contributed by atoms with Crippen LogP contribution in [-0.4, -0.2) is 17.3 Å². The fourth-order valence-corrected chi connectivity index (χ4v) is 1.53. The number of Topliss-reactive ketones (excluding diaryl/α,β-unsaturated/α-hetero) is 1. The normalized spacial score (nSPS) is 10.8. The predicted octanol–water partition coefficient (Wildman–Crippen LogP) is 3.08. The lowest BCUT2D eigenvalue weighted by Gasteiger charge is -1.98. The molecule has 7 heteroatoms. The Hall–Kier alpha value is -2.83. The molecule has 2 aromatic rings. The van der Waals surface area contributed by atoms with E-state index in [4.69, 9.17) is 4.42 Å². The summed E-state index contributed by atoms with van der Waals surface area (Å²) in [7, 11) is 0. The van der Waals surface area contributed by atoms with E-state index in [9.17, 15) is 14.9 Å². The minimum Gasteiger partial charge on any atom is -0.445 e. The number of carbonyl (C=O) groups is 1. The molecule has 20 heavy (non-hydrogen) atoms. The van der Waals surface area contributed by atoms with E-state index in [-0.39, 0.29) is 24.4 Å². The topological polar surface area (TPSA) is 98.1 Å². The SMILES string of the molecule is O=C(CN=Nc1ccco1)Cc1ccc([N+](=O)[O-])cc1. The first kappa shape index (κ1) is 13.6. The number of ketones is 1. The summed E-state index contributed by atoms with van der Waals surface area (Å²) in [5.41, 5.74) is 0.701. The molecule has 0 bridgehead atoms. The fourth-order valence-electron chi connectivity index (χ4n) is 1.53. The second-order valence-corrected chi connectivity index (χ2v) is 3.99. The highest BCUT2D eigenvalue weighted by atomic mass is 16.6. The Balaban J connectivity index is 1.86. The quantitative estimate of drug-likeness (QED) is 0.458. The number of azo groups is 1. The van der Waals surface area contributed by atoms with Gasteiger partial charge in [0.2, 0.25) is 5.88 Å². The van der Waals surface area contributed by atoms with Gasteiger partial charge in [0.1, 0.15) is 6.54 Å². The largest absolute Gasteiger partial charge is 0.445 e. The zero-order valence-corrected chi connectivity index (χ0v) is 10.4. The van der Waals surface area contributed by atoms with E-state index in [0.29, 0.717) is 11.4 Å². The van der Waals surface area contributed by atoms with Crippen molar-refractivity contribution >= 4 is 17.4 Å². The molecule has 0 N–H and O–H groups in total. The van der Waals surface area contributed by atoms with Gasteiger partial charge in [-0.05, 0) is 11.6 Å². The number of non-ortho nitro benzene ring substituents is 1. The van der Waals surface area contributed by atoms with Crippen molar-refractivity contribution in [3.63, 3.8) is 0 Å². The maximum atomic E-state index is 11.6. The molecule has 0 aliphatic carbocycles. The molecule has 1 aromatic carbocycles. The van der Waals surface area contributed by atoms with E-state index in [1.54, 1.807) is 24.3 Å². The number of nitro groups is 1. The summed E-state index contributed by atoms with van der Waals surface area (Å²) in [6.45, 7) is -0.0578.